The molecule has 6 nitrogen and oxygen atoms in total. The third-order valence-electron chi connectivity index (χ3n) is 4.49. The summed E-state index contributed by atoms with van der Waals surface area (Å²) >= 11 is 0. The standard InChI is InChI=1S/C18H21N3O3/c1-12-10-14(11-16(22)20-12)18(24)21-8-5-13(6-9-21)17(23)15-4-2-3-7-19-15/h2-4,7,10-11,13,17,23H,5-6,8-9H2,1H3,(H,20,22)/t17-/m0/s1. The molecule has 1 atom stereocenters. The van der Waals surface area contributed by atoms with Crippen LogP contribution in [0.5, 0.6) is 0 Å². The number of hydrogen-bond acceptors (Lipinski definition) is 4. The summed E-state index contributed by atoms with van der Waals surface area (Å²) in [6.07, 6.45) is 2.49. The first-order valence-corrected chi connectivity index (χ1v) is 8.14. The van der Waals surface area contributed by atoms with Crippen molar-refractivity contribution in [1.29, 1.82) is 0 Å². The zero-order valence-electron chi connectivity index (χ0n) is 13.6. The number of aromatic amines is 1. The van der Waals surface area contributed by atoms with Crippen molar-refractivity contribution in [2.45, 2.75) is 25.9 Å². The zero-order valence-corrected chi connectivity index (χ0v) is 13.6. The molecule has 1 aliphatic heterocycles. The Bertz CT molecular complexity index is 765. The maximum atomic E-state index is 12.5. The van der Waals surface area contributed by atoms with Gasteiger partial charge in [-0.2, -0.15) is 0 Å². The van der Waals surface area contributed by atoms with Crippen molar-refractivity contribution in [1.82, 2.24) is 14.9 Å². The van der Waals surface area contributed by atoms with E-state index in [1.807, 2.05) is 18.2 Å². The minimum atomic E-state index is -0.606. The van der Waals surface area contributed by atoms with Crippen LogP contribution in [0, 0.1) is 12.8 Å². The first-order valence-electron chi connectivity index (χ1n) is 8.14. The maximum absolute atomic E-state index is 12.5. The number of likely N-dealkylation sites (tertiary alicyclic amines) is 1. The van der Waals surface area contributed by atoms with Gasteiger partial charge in [0.05, 0.1) is 11.8 Å². The van der Waals surface area contributed by atoms with Crippen LogP contribution in [0.15, 0.2) is 41.3 Å². The molecule has 126 valence electrons. The van der Waals surface area contributed by atoms with Gasteiger partial charge in [-0.25, -0.2) is 0 Å². The number of H-pyrrole nitrogens is 1. The second kappa shape index (κ2) is 6.97. The van der Waals surface area contributed by atoms with E-state index in [0.29, 0.717) is 42.9 Å². The molecular formula is C18H21N3O3. The normalized spacial score (nSPS) is 16.8. The predicted molar refractivity (Wildman–Crippen MR) is 89.6 cm³/mol. The molecule has 0 radical (unpaired) electrons. The lowest BCUT2D eigenvalue weighted by atomic mass is 9.89. The van der Waals surface area contributed by atoms with E-state index < -0.39 is 6.10 Å². The molecular weight excluding hydrogens is 306 g/mol. The van der Waals surface area contributed by atoms with Crippen LogP contribution in [-0.4, -0.2) is 39.0 Å². The van der Waals surface area contributed by atoms with Gasteiger partial charge in [-0.3, -0.25) is 14.6 Å². The minimum absolute atomic E-state index is 0.0878. The quantitative estimate of drug-likeness (QED) is 0.898. The molecule has 6 heteroatoms. The fraction of sp³-hybridized carbons (Fsp3) is 0.389. The molecule has 2 aromatic heterocycles. The van der Waals surface area contributed by atoms with Crippen LogP contribution >= 0.6 is 0 Å². The van der Waals surface area contributed by atoms with E-state index in [-0.39, 0.29) is 17.4 Å². The molecule has 0 saturated carbocycles. The summed E-state index contributed by atoms with van der Waals surface area (Å²) in [5, 5.41) is 10.4. The van der Waals surface area contributed by atoms with Crippen LogP contribution in [-0.2, 0) is 0 Å². The Kier molecular flexibility index (Phi) is 4.76. The number of hydrogen-bond donors (Lipinski definition) is 2. The van der Waals surface area contributed by atoms with Crippen LogP contribution in [0.1, 0.15) is 40.7 Å². The van der Waals surface area contributed by atoms with Crippen LogP contribution in [0.3, 0.4) is 0 Å². The molecule has 0 bridgehead atoms. The van der Waals surface area contributed by atoms with Crippen LogP contribution in [0.4, 0.5) is 0 Å². The van der Waals surface area contributed by atoms with Gasteiger partial charge in [0.15, 0.2) is 0 Å². The van der Waals surface area contributed by atoms with Crippen molar-refractivity contribution in [2.75, 3.05) is 13.1 Å². The molecule has 0 unspecified atom stereocenters. The van der Waals surface area contributed by atoms with Crippen molar-refractivity contribution in [3.8, 4) is 0 Å². The largest absolute Gasteiger partial charge is 0.387 e. The number of carbonyl (C=O) groups excluding carboxylic acids is 1. The van der Waals surface area contributed by atoms with Crippen LogP contribution < -0.4 is 5.56 Å². The summed E-state index contributed by atoms with van der Waals surface area (Å²) in [5.74, 6) is -0.0418. The van der Waals surface area contributed by atoms with Gasteiger partial charge in [-0.15, -0.1) is 0 Å². The van der Waals surface area contributed by atoms with Crippen molar-refractivity contribution in [2.24, 2.45) is 5.92 Å². The number of aliphatic hydroxyl groups is 1. The van der Waals surface area contributed by atoms with Gasteiger partial charge in [-0.1, -0.05) is 6.07 Å². The van der Waals surface area contributed by atoms with Gasteiger partial charge in [0.25, 0.3) is 5.91 Å². The minimum Gasteiger partial charge on any atom is -0.387 e. The molecule has 2 aromatic rings. The number of nitrogens with zero attached hydrogens (tertiary/aromatic N) is 2. The number of nitrogens with one attached hydrogen (secondary N) is 1. The Morgan fingerprint density at radius 3 is 2.71 bits per heavy atom. The van der Waals surface area contributed by atoms with E-state index in [9.17, 15) is 14.7 Å². The number of piperidine rings is 1. The number of rotatable bonds is 3. The van der Waals surface area contributed by atoms with E-state index in [0.717, 1.165) is 0 Å². The van der Waals surface area contributed by atoms with Gasteiger partial charge in [0, 0.05) is 36.6 Å². The lowest BCUT2D eigenvalue weighted by molar-refractivity contribution is 0.0447. The molecule has 1 saturated heterocycles. The monoisotopic (exact) mass is 327 g/mol. The van der Waals surface area contributed by atoms with E-state index in [1.54, 1.807) is 24.1 Å². The summed E-state index contributed by atoms with van der Waals surface area (Å²) in [6, 6.07) is 8.53. The van der Waals surface area contributed by atoms with Crippen LogP contribution in [0.25, 0.3) is 0 Å². The Balaban J connectivity index is 1.64. The van der Waals surface area contributed by atoms with Crippen molar-refractivity contribution < 1.29 is 9.90 Å². The lowest BCUT2D eigenvalue weighted by Gasteiger charge is -2.34. The lowest BCUT2D eigenvalue weighted by Crippen LogP contribution is -2.40. The number of aliphatic hydroxyl groups excluding tert-OH is 1. The van der Waals surface area contributed by atoms with Gasteiger partial charge >= 0.3 is 0 Å². The summed E-state index contributed by atoms with van der Waals surface area (Å²) in [4.78, 5) is 32.7. The van der Waals surface area contributed by atoms with Crippen molar-refractivity contribution in [3.05, 3.63) is 63.8 Å². The SMILES string of the molecule is Cc1cc(C(=O)N2CCC([C@H](O)c3ccccn3)CC2)cc(=O)[nH]1. The molecule has 0 spiro atoms. The summed E-state index contributed by atoms with van der Waals surface area (Å²) < 4.78 is 0. The molecule has 3 rings (SSSR count). The highest BCUT2D eigenvalue weighted by Crippen LogP contribution is 2.30. The molecule has 3 heterocycles. The Hall–Kier alpha value is -2.47. The smallest absolute Gasteiger partial charge is 0.254 e. The molecule has 2 N–H and O–H groups in total. The van der Waals surface area contributed by atoms with Crippen molar-refractivity contribution >= 4 is 5.91 Å². The highest BCUT2D eigenvalue weighted by molar-refractivity contribution is 5.94. The third kappa shape index (κ3) is 3.54. The van der Waals surface area contributed by atoms with Gasteiger partial charge < -0.3 is 15.0 Å². The molecule has 0 aliphatic carbocycles. The van der Waals surface area contributed by atoms with E-state index in [1.165, 1.54) is 6.07 Å². The van der Waals surface area contributed by atoms with Gasteiger partial charge in [-0.05, 0) is 43.9 Å². The fourth-order valence-electron chi connectivity index (χ4n) is 3.20. The third-order valence-corrected chi connectivity index (χ3v) is 4.49. The number of carbonyl (C=O) groups is 1. The molecule has 1 fully saturated rings. The molecule has 0 aromatic carbocycles. The van der Waals surface area contributed by atoms with Gasteiger partial charge in [0.2, 0.25) is 5.56 Å². The molecule has 24 heavy (non-hydrogen) atoms. The average molecular weight is 327 g/mol. The highest BCUT2D eigenvalue weighted by atomic mass is 16.3. The Labute approximate surface area is 140 Å². The van der Waals surface area contributed by atoms with Gasteiger partial charge in [0.1, 0.15) is 0 Å². The van der Waals surface area contributed by atoms with Crippen molar-refractivity contribution in [3.63, 3.8) is 0 Å². The summed E-state index contributed by atoms with van der Waals surface area (Å²) in [6.45, 7) is 2.89. The second-order valence-corrected chi connectivity index (χ2v) is 6.25. The maximum Gasteiger partial charge on any atom is 0.254 e. The molecule has 1 aliphatic rings. The zero-order chi connectivity index (χ0) is 17.1. The number of amides is 1. The predicted octanol–water partition coefficient (Wildman–Crippen LogP) is 1.66. The average Bonchev–Trinajstić information content (AvgIpc) is 2.60. The topological polar surface area (TPSA) is 86.3 Å². The van der Waals surface area contributed by atoms with E-state index in [2.05, 4.69) is 9.97 Å². The summed E-state index contributed by atoms with van der Waals surface area (Å²) in [5.41, 5.74) is 1.50. The number of aromatic nitrogens is 2. The first kappa shape index (κ1) is 16.4. The first-order chi connectivity index (χ1) is 11.5. The molecule has 1 amide bonds. The Morgan fingerprint density at radius 1 is 1.33 bits per heavy atom. The van der Waals surface area contributed by atoms with E-state index >= 15 is 0 Å². The number of pyridine rings is 2. The van der Waals surface area contributed by atoms with E-state index in [4.69, 9.17) is 0 Å². The fourth-order valence-corrected chi connectivity index (χ4v) is 3.20. The highest BCUT2D eigenvalue weighted by Gasteiger charge is 2.29. The summed E-state index contributed by atoms with van der Waals surface area (Å²) in [7, 11) is 0. The number of aryl methyl sites for hydroxylation is 1. The second-order valence-electron chi connectivity index (χ2n) is 6.25. The van der Waals surface area contributed by atoms with Crippen LogP contribution in [0.2, 0.25) is 0 Å². The Morgan fingerprint density at radius 2 is 2.08 bits per heavy atom.